The summed E-state index contributed by atoms with van der Waals surface area (Å²) in [5, 5.41) is 34.9. The Hall–Kier alpha value is -1.06. The van der Waals surface area contributed by atoms with Crippen LogP contribution in [0.2, 0.25) is 0 Å². The van der Waals surface area contributed by atoms with E-state index in [9.17, 15) is 34.5 Å². The summed E-state index contributed by atoms with van der Waals surface area (Å²) in [4.78, 5) is 46.8. The van der Waals surface area contributed by atoms with E-state index >= 15 is 0 Å². The molecule has 1 aromatic rings. The van der Waals surface area contributed by atoms with Crippen LogP contribution in [0.5, 0.6) is 0 Å². The number of aliphatic hydroxyl groups is 2. The summed E-state index contributed by atoms with van der Waals surface area (Å²) in [6, 6.07) is 7.96. The van der Waals surface area contributed by atoms with Crippen molar-refractivity contribution in [1.82, 2.24) is 10.6 Å². The van der Waals surface area contributed by atoms with E-state index in [1.165, 1.54) is 0 Å². The number of carbonyl (C=O) groups excluding carboxylic acids is 3. The quantitative estimate of drug-likeness (QED) is 0.152. The number of hydrogen-bond donors (Lipinski definition) is 5. The molecule has 19 atom stereocenters. The van der Waals surface area contributed by atoms with E-state index < -0.39 is 64.5 Å². The number of amides is 4. The average molecular weight is 1010 g/mol. The number of carboxylic acid groups (broad SMARTS) is 1. The van der Waals surface area contributed by atoms with Crippen LogP contribution >= 0.6 is 0 Å². The molecule has 7 saturated heterocycles. The molecule has 4 amide bonds. The van der Waals surface area contributed by atoms with Crippen LogP contribution in [-0.2, 0) is 53.0 Å². The zero-order chi connectivity index (χ0) is 49.7. The van der Waals surface area contributed by atoms with Gasteiger partial charge in [0.15, 0.2) is 17.0 Å². The monoisotopic (exact) mass is 1000 g/mol. The molecule has 7 fully saturated rings. The Kier molecular flexibility index (Phi) is 20.0. The zero-order valence-electron chi connectivity index (χ0n) is 46.2. The molecule has 8 rings (SSSR count). The van der Waals surface area contributed by atoms with Gasteiger partial charge in [-0.15, -0.1) is 0 Å². The number of hydrogen-bond acceptors (Lipinski definition) is 13. The van der Waals surface area contributed by atoms with E-state index in [0.29, 0.717) is 18.4 Å². The Morgan fingerprint density at radius 1 is 0.843 bits per heavy atom. The minimum atomic E-state index is -1.55. The molecule has 5 N–H and O–H groups in total. The summed E-state index contributed by atoms with van der Waals surface area (Å²) >= 11 is 0. The Morgan fingerprint density at radius 3 is 2.10 bits per heavy atom. The number of barbiturate groups is 1. The number of benzene rings is 1. The van der Waals surface area contributed by atoms with Gasteiger partial charge in [0.2, 0.25) is 11.8 Å². The molecule has 1 spiro atoms. The van der Waals surface area contributed by atoms with Crippen molar-refractivity contribution in [2.45, 2.75) is 210 Å². The molecular weight excluding hydrogens is 923 g/mol. The van der Waals surface area contributed by atoms with Crippen molar-refractivity contribution in [1.29, 1.82) is 0 Å². The number of carbonyl (C=O) groups is 4. The third-order valence-corrected chi connectivity index (χ3v) is 17.5. The van der Waals surface area contributed by atoms with E-state index in [1.54, 1.807) is 51.3 Å². The van der Waals surface area contributed by atoms with Gasteiger partial charge in [-0.05, 0) is 95.5 Å². The molecule has 386 valence electrons. The minimum absolute atomic E-state index is 0. The smallest absolute Gasteiger partial charge is 1.00 e. The largest absolute Gasteiger partial charge is 1.00 e. The van der Waals surface area contributed by atoms with Crippen LogP contribution in [0.25, 0.3) is 0 Å². The molecule has 7 aliphatic heterocycles. The van der Waals surface area contributed by atoms with Gasteiger partial charge in [0.1, 0.15) is 0 Å². The van der Waals surface area contributed by atoms with Crippen molar-refractivity contribution in [2.75, 3.05) is 13.7 Å². The molecule has 0 saturated carbocycles. The van der Waals surface area contributed by atoms with Crippen LogP contribution in [0.4, 0.5) is 4.79 Å². The molecule has 0 aliphatic carbocycles. The summed E-state index contributed by atoms with van der Waals surface area (Å²) in [6.45, 7) is 20.2. The molecular formula is C52H82N2Na2O14. The van der Waals surface area contributed by atoms with Gasteiger partial charge in [-0.2, -0.15) is 0 Å². The number of nitrogens with one attached hydrogen (secondary N) is 2. The molecule has 16 nitrogen and oxygen atoms in total. The summed E-state index contributed by atoms with van der Waals surface area (Å²) < 4.78 is 47.0. The SMILES string of the molecule is CCC1(c2ccccc2)C(=O)NC(=O)NC1=O.CO[C@@H]1C[C@@H](C[C@H]2CC[C@H](C)[C@H]([C@@H](C)C(=O)O)O2)O[C@]2(O[C@](C)([C@H]3CC[C@@](C)([C@@H]4O[C@@H]([C@H]5O[C@@](O)(CO)[C@H](C)C[C@@H]5C)C[C@@H]4C)O3)C[C@H]2C)[C@@H]1C.[H-].[H-].[Na+].[Na+]. The topological polar surface area (TPSA) is 218 Å². The number of aliphatic carboxylic acids is 1. The summed E-state index contributed by atoms with van der Waals surface area (Å²) in [5.41, 5.74) is -1.82. The first-order valence-corrected chi connectivity index (χ1v) is 25.3. The van der Waals surface area contributed by atoms with Crippen LogP contribution in [0.15, 0.2) is 30.3 Å². The van der Waals surface area contributed by atoms with Crippen LogP contribution < -0.4 is 69.7 Å². The van der Waals surface area contributed by atoms with Crippen molar-refractivity contribution in [2.24, 2.45) is 41.4 Å². The maximum atomic E-state index is 12.0. The van der Waals surface area contributed by atoms with Crippen molar-refractivity contribution in [3.8, 4) is 0 Å². The van der Waals surface area contributed by atoms with E-state index in [4.69, 9.17) is 33.2 Å². The molecule has 70 heavy (non-hydrogen) atoms. The molecule has 0 aromatic heterocycles. The van der Waals surface area contributed by atoms with Crippen molar-refractivity contribution in [3.05, 3.63) is 35.9 Å². The van der Waals surface area contributed by atoms with Gasteiger partial charge in [-0.25, -0.2) is 4.79 Å². The second kappa shape index (κ2) is 23.5. The maximum Gasteiger partial charge on any atom is 1.00 e. The Labute approximate surface area is 462 Å². The van der Waals surface area contributed by atoms with Crippen LogP contribution in [0.3, 0.4) is 0 Å². The average Bonchev–Trinajstić information content (AvgIpc) is 3.98. The summed E-state index contributed by atoms with van der Waals surface area (Å²) in [5.74, 6) is -4.40. The zero-order valence-corrected chi connectivity index (χ0v) is 48.2. The fourth-order valence-electron chi connectivity index (χ4n) is 13.3. The number of imide groups is 2. The Morgan fingerprint density at radius 2 is 1.50 bits per heavy atom. The fraction of sp³-hybridized carbons (Fsp3) is 0.808. The standard InChI is InChI=1S/C40H68O11.C12H12N2O3.2Na.2H/c1-21-11-12-28(46-33(21)26(6)36(42)43)17-29-18-30(45-10)27(7)40(48-29)25(5)19-38(9,51-40)32-13-14-37(8,49-32)35-23(3)16-31(47-35)34-22(2)15-24(4)39(44,20-41)50-34;1-2-12(8-6-4-3-5-7-8)9(15)13-11(17)14-10(12)16;;;;/h21-35,41,44H,11-20H2,1-10H3,(H,42,43);3-7H,2H2,1H3,(H2,13,14,15,16,17);;;;/q;;2*+1;2*-1/t21-,22-,23-,24+,25+,26+,27+,28+,29+,30+,31+,32+,33+,34-,35+,37-,38-,39-,40+;;;;;/m0...../s1. The van der Waals surface area contributed by atoms with E-state index in [2.05, 4.69) is 59.1 Å². The van der Waals surface area contributed by atoms with Gasteiger partial charge in [0.05, 0.1) is 72.6 Å². The molecule has 1 aromatic carbocycles. The number of carboxylic acids is 1. The Bertz CT molecular complexity index is 1980. The minimum Gasteiger partial charge on any atom is -1.00 e. The Balaban J connectivity index is 0.000000554. The molecule has 0 unspecified atom stereocenters. The first kappa shape index (κ1) is 59.8. The molecule has 7 aliphatic rings. The number of ether oxygens (including phenoxy) is 7. The van der Waals surface area contributed by atoms with Crippen molar-refractivity contribution in [3.63, 3.8) is 0 Å². The third-order valence-electron chi connectivity index (χ3n) is 17.5. The molecule has 18 heteroatoms. The van der Waals surface area contributed by atoms with Crippen molar-refractivity contribution >= 4 is 23.8 Å². The first-order chi connectivity index (χ1) is 32.0. The normalized spacial score (nSPS) is 44.0. The van der Waals surface area contributed by atoms with Gasteiger partial charge in [0.25, 0.3) is 0 Å². The van der Waals surface area contributed by atoms with E-state index in [-0.39, 0.29) is 146 Å². The van der Waals surface area contributed by atoms with Gasteiger partial charge in [-0.3, -0.25) is 25.0 Å². The number of urea groups is 1. The van der Waals surface area contributed by atoms with Crippen LogP contribution in [0.1, 0.15) is 142 Å². The predicted molar refractivity (Wildman–Crippen MR) is 251 cm³/mol. The second-order valence-corrected chi connectivity index (χ2v) is 22.2. The maximum absolute atomic E-state index is 12.0. The molecule has 0 bridgehead atoms. The molecule has 0 radical (unpaired) electrons. The summed E-state index contributed by atoms with van der Waals surface area (Å²) in [6.07, 6.45) is 6.15. The van der Waals surface area contributed by atoms with Gasteiger partial charge in [-0.1, -0.05) is 78.8 Å². The predicted octanol–water partition coefficient (Wildman–Crippen LogP) is 0.639. The fourth-order valence-corrected chi connectivity index (χ4v) is 13.3. The van der Waals surface area contributed by atoms with Gasteiger partial charge in [0, 0.05) is 37.7 Å². The van der Waals surface area contributed by atoms with Gasteiger partial charge >= 0.3 is 71.1 Å². The van der Waals surface area contributed by atoms with Crippen molar-refractivity contribution < 1.29 is 130 Å². The van der Waals surface area contributed by atoms with Gasteiger partial charge < -0.3 is 51.3 Å². The molecule has 7 heterocycles. The van der Waals surface area contributed by atoms with Crippen LogP contribution in [0, 0.1) is 41.4 Å². The number of rotatable bonds is 11. The first-order valence-electron chi connectivity index (χ1n) is 25.3. The van der Waals surface area contributed by atoms with E-state index in [0.717, 1.165) is 51.4 Å². The van der Waals surface area contributed by atoms with Crippen LogP contribution in [-0.4, -0.2) is 124 Å². The second-order valence-electron chi connectivity index (χ2n) is 22.2. The van der Waals surface area contributed by atoms with E-state index in [1.807, 2.05) is 6.92 Å². The summed E-state index contributed by atoms with van der Waals surface area (Å²) in [7, 11) is 1.77. The number of aliphatic hydroxyl groups excluding tert-OH is 1. The number of methoxy groups -OCH3 is 1. The third kappa shape index (κ3) is 11.4.